The maximum Gasteiger partial charge on any atom is 0.236 e. The van der Waals surface area contributed by atoms with Gasteiger partial charge in [0, 0.05) is 6.54 Å². The molecule has 0 saturated carbocycles. The van der Waals surface area contributed by atoms with Gasteiger partial charge in [-0.15, -0.1) is 0 Å². The van der Waals surface area contributed by atoms with Crippen LogP contribution >= 0.6 is 0 Å². The lowest BCUT2D eigenvalue weighted by Gasteiger charge is -2.11. The molecule has 0 aliphatic carbocycles. The fourth-order valence-electron chi connectivity index (χ4n) is 1.06. The van der Waals surface area contributed by atoms with Gasteiger partial charge in [0.05, 0.1) is 19.3 Å². The molecule has 2 N–H and O–H groups in total. The van der Waals surface area contributed by atoms with Gasteiger partial charge in [-0.2, -0.15) is 5.06 Å². The van der Waals surface area contributed by atoms with Crippen molar-refractivity contribution in [3.8, 4) is 0 Å². The molecular weight excluding hydrogens is 160 g/mol. The molecule has 0 bridgehead atoms. The van der Waals surface area contributed by atoms with Gasteiger partial charge in [0.15, 0.2) is 0 Å². The average Bonchev–Trinajstić information content (AvgIpc) is 2.36. The Morgan fingerprint density at radius 1 is 1.83 bits per heavy atom. The van der Waals surface area contributed by atoms with Crippen LogP contribution in [0.1, 0.15) is 6.92 Å². The number of amides is 1. The van der Waals surface area contributed by atoms with Crippen LogP contribution in [0.3, 0.4) is 0 Å². The summed E-state index contributed by atoms with van der Waals surface area (Å²) in [6.45, 7) is 3.38. The fourth-order valence-corrected chi connectivity index (χ4v) is 1.06. The Balaban J connectivity index is 2.18. The molecule has 1 atom stereocenters. The molecule has 1 amide bonds. The van der Waals surface area contributed by atoms with E-state index in [1.807, 2.05) is 6.92 Å². The van der Waals surface area contributed by atoms with E-state index < -0.39 is 6.10 Å². The van der Waals surface area contributed by atoms with Gasteiger partial charge in [0.2, 0.25) is 5.91 Å². The van der Waals surface area contributed by atoms with Crippen molar-refractivity contribution in [1.29, 1.82) is 0 Å². The van der Waals surface area contributed by atoms with Crippen LogP contribution in [-0.2, 0) is 9.63 Å². The second-order valence-electron chi connectivity index (χ2n) is 2.73. The molecule has 0 radical (unpaired) electrons. The summed E-state index contributed by atoms with van der Waals surface area (Å²) in [4.78, 5) is 16.0. The zero-order chi connectivity index (χ0) is 8.97. The van der Waals surface area contributed by atoms with Crippen LogP contribution in [0, 0.1) is 0 Å². The lowest BCUT2D eigenvalue weighted by Crippen LogP contribution is -2.35. The highest BCUT2D eigenvalue weighted by molar-refractivity contribution is 5.77. The first-order valence-corrected chi connectivity index (χ1v) is 4.05. The molecule has 0 aromatic rings. The van der Waals surface area contributed by atoms with E-state index in [9.17, 15) is 4.79 Å². The third-order valence-corrected chi connectivity index (χ3v) is 1.56. The smallest absolute Gasteiger partial charge is 0.236 e. The second kappa shape index (κ2) is 4.39. The van der Waals surface area contributed by atoms with Gasteiger partial charge in [0.1, 0.15) is 6.54 Å². The van der Waals surface area contributed by atoms with Gasteiger partial charge in [-0.25, -0.2) is 0 Å². The van der Waals surface area contributed by atoms with Crippen LogP contribution in [0.4, 0.5) is 0 Å². The first-order chi connectivity index (χ1) is 5.72. The molecule has 0 spiro atoms. The first kappa shape index (κ1) is 9.44. The third-order valence-electron chi connectivity index (χ3n) is 1.56. The standard InChI is InChI=1S/C7H14N2O3/c1-2-8-7(11)4-9-3-6(10)5-12-9/h6,10H,2-5H2,1H3,(H,8,11)/t6-/m1/s1. The molecule has 1 rings (SSSR count). The van der Waals surface area contributed by atoms with E-state index >= 15 is 0 Å². The molecule has 70 valence electrons. The molecule has 1 fully saturated rings. The van der Waals surface area contributed by atoms with Crippen molar-refractivity contribution < 1.29 is 14.7 Å². The normalized spacial score (nSPS) is 24.3. The zero-order valence-electron chi connectivity index (χ0n) is 7.12. The minimum atomic E-state index is -0.459. The number of nitrogens with one attached hydrogen (secondary N) is 1. The second-order valence-corrected chi connectivity index (χ2v) is 2.73. The molecule has 1 aliphatic rings. The van der Waals surface area contributed by atoms with Crippen molar-refractivity contribution in [2.24, 2.45) is 0 Å². The van der Waals surface area contributed by atoms with Gasteiger partial charge in [-0.05, 0) is 6.92 Å². The van der Waals surface area contributed by atoms with Crippen LogP contribution in [0.15, 0.2) is 0 Å². The Labute approximate surface area is 71.3 Å². The number of carbonyl (C=O) groups is 1. The quantitative estimate of drug-likeness (QED) is 0.560. The van der Waals surface area contributed by atoms with Gasteiger partial charge < -0.3 is 10.4 Å². The van der Waals surface area contributed by atoms with Crippen molar-refractivity contribution in [2.75, 3.05) is 26.2 Å². The lowest BCUT2D eigenvalue weighted by molar-refractivity contribution is -0.142. The predicted octanol–water partition coefficient (Wildman–Crippen LogP) is -1.27. The maximum atomic E-state index is 11.0. The Hall–Kier alpha value is -0.650. The van der Waals surface area contributed by atoms with Crippen LogP contribution in [0.2, 0.25) is 0 Å². The van der Waals surface area contributed by atoms with Crippen molar-refractivity contribution in [2.45, 2.75) is 13.0 Å². The molecule has 0 aromatic heterocycles. The van der Waals surface area contributed by atoms with Gasteiger partial charge in [-0.1, -0.05) is 0 Å². The monoisotopic (exact) mass is 174 g/mol. The average molecular weight is 174 g/mol. The number of carbonyl (C=O) groups excluding carboxylic acids is 1. The highest BCUT2D eigenvalue weighted by Gasteiger charge is 2.22. The van der Waals surface area contributed by atoms with Crippen molar-refractivity contribution in [1.82, 2.24) is 10.4 Å². The Kier molecular flexibility index (Phi) is 3.46. The van der Waals surface area contributed by atoms with Crippen LogP contribution < -0.4 is 5.32 Å². The zero-order valence-corrected chi connectivity index (χ0v) is 7.12. The summed E-state index contributed by atoms with van der Waals surface area (Å²) >= 11 is 0. The topological polar surface area (TPSA) is 61.8 Å². The summed E-state index contributed by atoms with van der Waals surface area (Å²) in [6.07, 6.45) is -0.459. The fraction of sp³-hybridized carbons (Fsp3) is 0.857. The summed E-state index contributed by atoms with van der Waals surface area (Å²) in [5.41, 5.74) is 0. The number of aliphatic hydroxyl groups excluding tert-OH is 1. The Bertz CT molecular complexity index is 163. The summed E-state index contributed by atoms with van der Waals surface area (Å²) in [5.74, 6) is -0.0772. The lowest BCUT2D eigenvalue weighted by atomic mass is 10.4. The molecule has 0 aromatic carbocycles. The minimum Gasteiger partial charge on any atom is -0.389 e. The highest BCUT2D eigenvalue weighted by atomic mass is 16.7. The van der Waals surface area contributed by atoms with Crippen molar-refractivity contribution in [3.63, 3.8) is 0 Å². The van der Waals surface area contributed by atoms with Crippen molar-refractivity contribution >= 4 is 5.91 Å². The van der Waals surface area contributed by atoms with E-state index in [-0.39, 0.29) is 12.5 Å². The summed E-state index contributed by atoms with van der Waals surface area (Å²) in [6, 6.07) is 0. The van der Waals surface area contributed by atoms with Crippen molar-refractivity contribution in [3.05, 3.63) is 0 Å². The number of β-amino-alcohol motifs (C(OH)–C–C–N with tert-alkyl or cyclic N) is 1. The largest absolute Gasteiger partial charge is 0.389 e. The van der Waals surface area contributed by atoms with E-state index in [2.05, 4.69) is 5.32 Å². The maximum absolute atomic E-state index is 11.0. The van der Waals surface area contributed by atoms with Crippen LogP contribution in [0.25, 0.3) is 0 Å². The number of hydrogen-bond donors (Lipinski definition) is 2. The van der Waals surface area contributed by atoms with Gasteiger partial charge in [0.25, 0.3) is 0 Å². The van der Waals surface area contributed by atoms with E-state index in [1.54, 1.807) is 0 Å². The third kappa shape index (κ3) is 2.77. The molecular formula is C7H14N2O3. The van der Waals surface area contributed by atoms with E-state index in [0.717, 1.165) is 0 Å². The van der Waals surface area contributed by atoms with E-state index in [4.69, 9.17) is 9.94 Å². The molecule has 0 unspecified atom stereocenters. The van der Waals surface area contributed by atoms with Crippen LogP contribution in [0.5, 0.6) is 0 Å². The predicted molar refractivity (Wildman–Crippen MR) is 42.2 cm³/mol. The molecule has 5 heteroatoms. The number of aliphatic hydroxyl groups is 1. The number of likely N-dealkylation sites (N-methyl/N-ethyl adjacent to an activating group) is 1. The Morgan fingerprint density at radius 3 is 3.08 bits per heavy atom. The molecule has 1 saturated heterocycles. The summed E-state index contributed by atoms with van der Waals surface area (Å²) in [7, 11) is 0. The van der Waals surface area contributed by atoms with E-state index in [0.29, 0.717) is 19.7 Å². The molecule has 5 nitrogen and oxygen atoms in total. The SMILES string of the molecule is CCNC(=O)CN1C[C@@H](O)CO1. The van der Waals surface area contributed by atoms with Gasteiger partial charge >= 0.3 is 0 Å². The number of nitrogens with zero attached hydrogens (tertiary/aromatic N) is 1. The highest BCUT2D eigenvalue weighted by Crippen LogP contribution is 2.03. The van der Waals surface area contributed by atoms with Gasteiger partial charge in [-0.3, -0.25) is 9.63 Å². The number of hydrogen-bond acceptors (Lipinski definition) is 4. The Morgan fingerprint density at radius 2 is 2.58 bits per heavy atom. The molecule has 1 heterocycles. The minimum absolute atomic E-state index is 0.0772. The number of hydroxylamine groups is 2. The molecule has 12 heavy (non-hydrogen) atoms. The van der Waals surface area contributed by atoms with Crippen LogP contribution in [-0.4, -0.2) is 48.4 Å². The molecule has 1 aliphatic heterocycles. The number of rotatable bonds is 3. The summed E-state index contributed by atoms with van der Waals surface area (Å²) in [5, 5.41) is 13.2. The van der Waals surface area contributed by atoms with E-state index in [1.165, 1.54) is 5.06 Å². The summed E-state index contributed by atoms with van der Waals surface area (Å²) < 4.78 is 0. The first-order valence-electron chi connectivity index (χ1n) is 4.05.